The quantitative estimate of drug-likeness (QED) is 0.609. The first-order valence-corrected chi connectivity index (χ1v) is 12.5. The standard InChI is InChI=1S/C26H33N7O2/c1-17-8-9-21(13-27-17)25(34)29-22-12-24-30-28-16-33(24)23(19(22)3)15-31-10-11-32(18(2)14-31)26(35)20-6-4-5-7-20/h8-9,12-13,16,18,20H,4-7,10-11,14-15H2,1-3H3,(H,29,34)/t18-/m0/s1. The molecular formula is C26H33N7O2. The van der Waals surface area contributed by atoms with Gasteiger partial charge in [-0.3, -0.25) is 23.9 Å². The molecule has 0 radical (unpaired) electrons. The van der Waals surface area contributed by atoms with Crippen LogP contribution in [0.15, 0.2) is 30.7 Å². The molecule has 2 amide bonds. The number of aryl methyl sites for hydroxylation is 1. The molecule has 0 spiro atoms. The number of anilines is 1. The summed E-state index contributed by atoms with van der Waals surface area (Å²) in [5.41, 5.74) is 4.79. The molecular weight excluding hydrogens is 442 g/mol. The third-order valence-electron chi connectivity index (χ3n) is 7.47. The third kappa shape index (κ3) is 4.77. The molecule has 9 nitrogen and oxygen atoms in total. The van der Waals surface area contributed by atoms with Crippen molar-refractivity contribution >= 4 is 23.1 Å². The molecule has 1 aliphatic heterocycles. The monoisotopic (exact) mass is 475 g/mol. The Morgan fingerprint density at radius 2 is 1.94 bits per heavy atom. The summed E-state index contributed by atoms with van der Waals surface area (Å²) in [6.45, 7) is 9.12. The number of rotatable bonds is 5. The number of aromatic nitrogens is 4. The lowest BCUT2D eigenvalue weighted by molar-refractivity contribution is -0.140. The van der Waals surface area contributed by atoms with Crippen LogP contribution < -0.4 is 5.32 Å². The maximum atomic E-state index is 13.0. The summed E-state index contributed by atoms with van der Waals surface area (Å²) in [7, 11) is 0. The van der Waals surface area contributed by atoms with Crippen molar-refractivity contribution in [1.82, 2.24) is 29.4 Å². The SMILES string of the molecule is Cc1ccc(C(=O)Nc2cc3nncn3c(CN3CCN(C(=O)C4CCCC4)[C@@H](C)C3)c2C)cn1. The Kier molecular flexibility index (Phi) is 6.51. The summed E-state index contributed by atoms with van der Waals surface area (Å²) >= 11 is 0. The van der Waals surface area contributed by atoms with E-state index >= 15 is 0 Å². The molecule has 2 fully saturated rings. The molecule has 1 aliphatic carbocycles. The molecule has 2 aliphatic rings. The molecule has 1 atom stereocenters. The Morgan fingerprint density at radius 3 is 2.66 bits per heavy atom. The summed E-state index contributed by atoms with van der Waals surface area (Å²) in [4.78, 5) is 34.5. The van der Waals surface area contributed by atoms with Gasteiger partial charge < -0.3 is 10.2 Å². The fraction of sp³-hybridized carbons (Fsp3) is 0.500. The van der Waals surface area contributed by atoms with E-state index in [1.807, 2.05) is 30.4 Å². The van der Waals surface area contributed by atoms with Crippen molar-refractivity contribution in [3.8, 4) is 0 Å². The van der Waals surface area contributed by atoms with E-state index in [1.54, 1.807) is 18.6 Å². The first kappa shape index (κ1) is 23.4. The summed E-state index contributed by atoms with van der Waals surface area (Å²) in [6, 6.07) is 5.63. The highest BCUT2D eigenvalue weighted by Gasteiger charge is 2.33. The zero-order valence-corrected chi connectivity index (χ0v) is 20.7. The molecule has 1 saturated heterocycles. The van der Waals surface area contributed by atoms with Gasteiger partial charge in [0, 0.05) is 67.5 Å². The second-order valence-corrected chi connectivity index (χ2v) is 9.93. The van der Waals surface area contributed by atoms with E-state index in [-0.39, 0.29) is 17.9 Å². The van der Waals surface area contributed by atoms with Crippen molar-refractivity contribution < 1.29 is 9.59 Å². The average Bonchev–Trinajstić information content (AvgIpc) is 3.54. The fourth-order valence-corrected chi connectivity index (χ4v) is 5.37. The number of hydrogen-bond acceptors (Lipinski definition) is 6. The molecule has 0 aromatic carbocycles. The van der Waals surface area contributed by atoms with Crippen LogP contribution in [0.5, 0.6) is 0 Å². The number of hydrogen-bond donors (Lipinski definition) is 1. The van der Waals surface area contributed by atoms with Gasteiger partial charge in [-0.25, -0.2) is 0 Å². The van der Waals surface area contributed by atoms with Crippen LogP contribution in [0, 0.1) is 19.8 Å². The smallest absolute Gasteiger partial charge is 0.257 e. The van der Waals surface area contributed by atoms with Gasteiger partial charge in [-0.15, -0.1) is 10.2 Å². The predicted octanol–water partition coefficient (Wildman–Crippen LogP) is 3.22. The van der Waals surface area contributed by atoms with Gasteiger partial charge in [0.25, 0.3) is 5.91 Å². The molecule has 1 saturated carbocycles. The Bertz CT molecular complexity index is 1230. The van der Waals surface area contributed by atoms with Crippen LogP contribution in [0.1, 0.15) is 59.9 Å². The van der Waals surface area contributed by atoms with Gasteiger partial charge in [-0.05, 0) is 51.3 Å². The largest absolute Gasteiger partial charge is 0.337 e. The first-order chi connectivity index (χ1) is 16.9. The van der Waals surface area contributed by atoms with E-state index in [1.165, 1.54) is 12.8 Å². The highest BCUT2D eigenvalue weighted by molar-refractivity contribution is 6.04. The average molecular weight is 476 g/mol. The number of nitrogens with one attached hydrogen (secondary N) is 1. The van der Waals surface area contributed by atoms with E-state index in [0.717, 1.165) is 49.4 Å². The van der Waals surface area contributed by atoms with E-state index in [2.05, 4.69) is 37.2 Å². The predicted molar refractivity (Wildman–Crippen MR) is 133 cm³/mol. The first-order valence-electron chi connectivity index (χ1n) is 12.5. The summed E-state index contributed by atoms with van der Waals surface area (Å²) < 4.78 is 1.99. The van der Waals surface area contributed by atoms with E-state index in [4.69, 9.17) is 0 Å². The normalized spacial score (nSPS) is 19.4. The van der Waals surface area contributed by atoms with Gasteiger partial charge in [0.1, 0.15) is 6.33 Å². The van der Waals surface area contributed by atoms with Crippen molar-refractivity contribution in [2.45, 2.75) is 59.0 Å². The van der Waals surface area contributed by atoms with Crippen LogP contribution in [0.3, 0.4) is 0 Å². The Labute approximate surface area is 205 Å². The number of piperazine rings is 1. The summed E-state index contributed by atoms with van der Waals surface area (Å²) in [5, 5.41) is 11.4. The van der Waals surface area contributed by atoms with Crippen LogP contribution in [-0.4, -0.2) is 66.9 Å². The second kappa shape index (κ2) is 9.73. The van der Waals surface area contributed by atoms with Crippen LogP contribution in [0.2, 0.25) is 0 Å². The Hall–Kier alpha value is -3.33. The van der Waals surface area contributed by atoms with Crippen molar-refractivity contribution in [2.24, 2.45) is 5.92 Å². The molecule has 9 heteroatoms. The molecule has 3 aromatic heterocycles. The van der Waals surface area contributed by atoms with E-state index < -0.39 is 0 Å². The molecule has 184 valence electrons. The van der Waals surface area contributed by atoms with E-state index in [0.29, 0.717) is 29.3 Å². The number of amides is 2. The minimum atomic E-state index is -0.205. The highest BCUT2D eigenvalue weighted by Crippen LogP contribution is 2.29. The molecule has 35 heavy (non-hydrogen) atoms. The number of carbonyl (C=O) groups is 2. The Morgan fingerprint density at radius 1 is 1.14 bits per heavy atom. The zero-order chi connectivity index (χ0) is 24.5. The fourth-order valence-electron chi connectivity index (χ4n) is 5.37. The lowest BCUT2D eigenvalue weighted by Crippen LogP contribution is -2.54. The van der Waals surface area contributed by atoms with Crippen LogP contribution in [0.4, 0.5) is 5.69 Å². The van der Waals surface area contributed by atoms with Gasteiger partial charge in [0.05, 0.1) is 5.56 Å². The number of fused-ring (bicyclic) bond motifs is 1. The molecule has 0 unspecified atom stereocenters. The molecule has 0 bridgehead atoms. The summed E-state index contributed by atoms with van der Waals surface area (Å²) in [5.74, 6) is 0.345. The van der Waals surface area contributed by atoms with Gasteiger partial charge in [0.15, 0.2) is 5.65 Å². The molecule has 5 rings (SSSR count). The van der Waals surface area contributed by atoms with Crippen molar-refractivity contribution in [3.05, 3.63) is 53.2 Å². The summed E-state index contributed by atoms with van der Waals surface area (Å²) in [6.07, 6.45) is 7.72. The van der Waals surface area contributed by atoms with Gasteiger partial charge in [-0.2, -0.15) is 0 Å². The molecule has 1 N–H and O–H groups in total. The molecule has 4 heterocycles. The van der Waals surface area contributed by atoms with Gasteiger partial charge in [-0.1, -0.05) is 12.8 Å². The lowest BCUT2D eigenvalue weighted by atomic mass is 10.0. The minimum absolute atomic E-state index is 0.172. The lowest BCUT2D eigenvalue weighted by Gasteiger charge is -2.41. The van der Waals surface area contributed by atoms with Crippen LogP contribution >= 0.6 is 0 Å². The topological polar surface area (TPSA) is 95.7 Å². The number of nitrogens with zero attached hydrogens (tertiary/aromatic N) is 6. The Balaban J connectivity index is 1.33. The van der Waals surface area contributed by atoms with E-state index in [9.17, 15) is 9.59 Å². The number of carbonyl (C=O) groups excluding carboxylic acids is 2. The van der Waals surface area contributed by atoms with Crippen molar-refractivity contribution in [1.29, 1.82) is 0 Å². The third-order valence-corrected chi connectivity index (χ3v) is 7.47. The number of pyridine rings is 2. The molecule has 3 aromatic rings. The zero-order valence-electron chi connectivity index (χ0n) is 20.7. The maximum absolute atomic E-state index is 13.0. The van der Waals surface area contributed by atoms with Gasteiger partial charge >= 0.3 is 0 Å². The second-order valence-electron chi connectivity index (χ2n) is 9.93. The minimum Gasteiger partial charge on any atom is -0.337 e. The van der Waals surface area contributed by atoms with Gasteiger partial charge in [0.2, 0.25) is 5.91 Å². The van der Waals surface area contributed by atoms with Crippen molar-refractivity contribution in [3.63, 3.8) is 0 Å². The van der Waals surface area contributed by atoms with Crippen LogP contribution in [-0.2, 0) is 11.3 Å². The highest BCUT2D eigenvalue weighted by atomic mass is 16.2. The van der Waals surface area contributed by atoms with Crippen LogP contribution in [0.25, 0.3) is 5.65 Å². The van der Waals surface area contributed by atoms with Crippen molar-refractivity contribution in [2.75, 3.05) is 25.0 Å². The maximum Gasteiger partial charge on any atom is 0.257 e.